The first-order chi connectivity index (χ1) is 7.58. The molecule has 0 saturated carbocycles. The maximum atomic E-state index is 12.8. The highest BCUT2D eigenvalue weighted by atomic mass is 28.3. The average Bonchev–Trinajstić information content (AvgIpc) is 2.70. The van der Waals surface area contributed by atoms with E-state index in [2.05, 4.69) is 23.2 Å². The van der Waals surface area contributed by atoms with Crippen molar-refractivity contribution in [1.29, 1.82) is 0 Å². The van der Waals surface area contributed by atoms with Gasteiger partial charge in [0.25, 0.3) is 0 Å². The molecule has 2 aromatic rings. The van der Waals surface area contributed by atoms with Crippen LogP contribution < -0.4 is 5.19 Å². The van der Waals surface area contributed by atoms with Crippen LogP contribution in [0.5, 0.6) is 0 Å². The Labute approximate surface area is 95.0 Å². The van der Waals surface area contributed by atoms with Crippen LogP contribution >= 0.6 is 0 Å². The van der Waals surface area contributed by atoms with Crippen molar-refractivity contribution in [3.63, 3.8) is 0 Å². The van der Waals surface area contributed by atoms with Gasteiger partial charge in [-0.25, -0.2) is 9.37 Å². The summed E-state index contributed by atoms with van der Waals surface area (Å²) in [6.07, 6.45) is 4.12. The molecule has 84 valence electrons. The molecular weight excluding hydrogens is 221 g/mol. The molecule has 16 heavy (non-hydrogen) atoms. The summed E-state index contributed by atoms with van der Waals surface area (Å²) in [6.45, 7) is 4.48. The zero-order valence-corrected chi connectivity index (χ0v) is 10.4. The quantitative estimate of drug-likeness (QED) is 0.756. The minimum absolute atomic E-state index is 0.186. The SMILES string of the molecule is C[Si](C)(Cn1cncn1)c1ccc(F)cc1. The van der Waals surface area contributed by atoms with Gasteiger partial charge in [0.1, 0.15) is 26.5 Å². The molecule has 0 aliphatic heterocycles. The van der Waals surface area contributed by atoms with Crippen LogP contribution in [0, 0.1) is 5.82 Å². The Bertz CT molecular complexity index is 451. The van der Waals surface area contributed by atoms with Crippen LogP contribution in [0.4, 0.5) is 4.39 Å². The number of aromatic nitrogens is 3. The molecule has 0 atom stereocenters. The maximum absolute atomic E-state index is 12.8. The van der Waals surface area contributed by atoms with Crippen LogP contribution in [0.2, 0.25) is 13.1 Å². The van der Waals surface area contributed by atoms with Gasteiger partial charge in [-0.05, 0) is 12.1 Å². The van der Waals surface area contributed by atoms with Gasteiger partial charge >= 0.3 is 0 Å². The third-order valence-electron chi connectivity index (χ3n) is 2.65. The Hall–Kier alpha value is -1.49. The fourth-order valence-corrected chi connectivity index (χ4v) is 3.94. The van der Waals surface area contributed by atoms with Crippen molar-refractivity contribution in [3.05, 3.63) is 42.7 Å². The first-order valence-corrected chi connectivity index (χ1v) is 8.37. The average molecular weight is 235 g/mol. The van der Waals surface area contributed by atoms with E-state index >= 15 is 0 Å². The van der Waals surface area contributed by atoms with Crippen LogP contribution in [0.25, 0.3) is 0 Å². The van der Waals surface area contributed by atoms with E-state index < -0.39 is 8.07 Å². The summed E-state index contributed by atoms with van der Waals surface area (Å²) < 4.78 is 14.7. The highest BCUT2D eigenvalue weighted by Gasteiger charge is 2.24. The first-order valence-electron chi connectivity index (χ1n) is 5.16. The molecule has 0 bridgehead atoms. The fourth-order valence-electron chi connectivity index (χ4n) is 1.71. The summed E-state index contributed by atoms with van der Waals surface area (Å²) in [5.41, 5.74) is 0. The second-order valence-electron chi connectivity index (χ2n) is 4.48. The maximum Gasteiger partial charge on any atom is 0.137 e. The van der Waals surface area contributed by atoms with Crippen LogP contribution in [-0.2, 0) is 6.17 Å². The Morgan fingerprint density at radius 1 is 1.25 bits per heavy atom. The summed E-state index contributed by atoms with van der Waals surface area (Å²) >= 11 is 0. The highest BCUT2D eigenvalue weighted by molar-refractivity contribution is 6.88. The molecule has 1 aromatic carbocycles. The van der Waals surface area contributed by atoms with E-state index in [4.69, 9.17) is 0 Å². The lowest BCUT2D eigenvalue weighted by atomic mass is 10.3. The normalized spacial score (nSPS) is 11.7. The number of hydrogen-bond donors (Lipinski definition) is 0. The molecule has 2 rings (SSSR count). The summed E-state index contributed by atoms with van der Waals surface area (Å²) in [6, 6.07) is 6.79. The third kappa shape index (κ3) is 2.36. The van der Waals surface area contributed by atoms with Crippen LogP contribution in [0.3, 0.4) is 0 Å². The van der Waals surface area contributed by atoms with Crippen molar-refractivity contribution in [3.8, 4) is 0 Å². The van der Waals surface area contributed by atoms with Crippen molar-refractivity contribution in [1.82, 2.24) is 14.8 Å². The van der Waals surface area contributed by atoms with Gasteiger partial charge in [-0.2, -0.15) is 5.10 Å². The predicted molar refractivity (Wildman–Crippen MR) is 63.5 cm³/mol. The zero-order chi connectivity index (χ0) is 11.6. The lowest BCUT2D eigenvalue weighted by Crippen LogP contribution is -2.46. The van der Waals surface area contributed by atoms with Crippen molar-refractivity contribution >= 4 is 13.3 Å². The molecule has 0 saturated heterocycles. The minimum Gasteiger partial charge on any atom is -0.256 e. The van der Waals surface area contributed by atoms with E-state index in [1.54, 1.807) is 6.33 Å². The monoisotopic (exact) mass is 235 g/mol. The van der Waals surface area contributed by atoms with Gasteiger partial charge < -0.3 is 0 Å². The van der Waals surface area contributed by atoms with Crippen molar-refractivity contribution in [2.45, 2.75) is 19.3 Å². The molecule has 5 heteroatoms. The Kier molecular flexibility index (Phi) is 2.87. The standard InChI is InChI=1S/C11H14FN3Si/c1-16(2,9-15-8-13-7-14-15)11-5-3-10(12)4-6-11/h3-8H,9H2,1-2H3. The van der Waals surface area contributed by atoms with E-state index in [0.717, 1.165) is 6.17 Å². The van der Waals surface area contributed by atoms with Crippen LogP contribution in [-0.4, -0.2) is 22.8 Å². The van der Waals surface area contributed by atoms with E-state index in [0.29, 0.717) is 0 Å². The number of hydrogen-bond acceptors (Lipinski definition) is 2. The zero-order valence-electron chi connectivity index (χ0n) is 9.39. The second kappa shape index (κ2) is 4.17. The van der Waals surface area contributed by atoms with Crippen molar-refractivity contribution in [2.75, 3.05) is 0 Å². The molecule has 0 unspecified atom stereocenters. The number of rotatable bonds is 3. The Morgan fingerprint density at radius 2 is 1.94 bits per heavy atom. The van der Waals surface area contributed by atoms with Crippen molar-refractivity contribution < 1.29 is 4.39 Å². The molecule has 0 amide bonds. The largest absolute Gasteiger partial charge is 0.256 e. The van der Waals surface area contributed by atoms with Crippen LogP contribution in [0.15, 0.2) is 36.9 Å². The van der Waals surface area contributed by atoms with E-state index in [1.165, 1.54) is 23.6 Å². The second-order valence-corrected chi connectivity index (χ2v) is 9.15. The molecule has 0 radical (unpaired) electrons. The van der Waals surface area contributed by atoms with Gasteiger partial charge in [0.15, 0.2) is 0 Å². The van der Waals surface area contributed by atoms with E-state index in [9.17, 15) is 4.39 Å². The summed E-state index contributed by atoms with van der Waals surface area (Å²) in [4.78, 5) is 3.93. The summed E-state index contributed by atoms with van der Waals surface area (Å²) in [5, 5.41) is 5.34. The van der Waals surface area contributed by atoms with Crippen LogP contribution in [0.1, 0.15) is 0 Å². The lowest BCUT2D eigenvalue weighted by Gasteiger charge is -2.22. The highest BCUT2D eigenvalue weighted by Crippen LogP contribution is 2.07. The number of benzene rings is 1. The molecule has 1 heterocycles. The predicted octanol–water partition coefficient (Wildman–Crippen LogP) is 1.57. The molecule has 0 aliphatic carbocycles. The Morgan fingerprint density at radius 3 is 2.50 bits per heavy atom. The first kappa shape index (κ1) is 11.0. The Balaban J connectivity index is 2.21. The number of halogens is 1. The van der Waals surface area contributed by atoms with E-state index in [1.807, 2.05) is 16.8 Å². The summed E-state index contributed by atoms with van der Waals surface area (Å²) in [7, 11) is -1.61. The number of nitrogens with zero attached hydrogens (tertiary/aromatic N) is 3. The molecular formula is C11H14FN3Si. The van der Waals surface area contributed by atoms with Gasteiger partial charge in [0, 0.05) is 6.17 Å². The topological polar surface area (TPSA) is 30.7 Å². The van der Waals surface area contributed by atoms with Gasteiger partial charge in [-0.3, -0.25) is 4.68 Å². The van der Waals surface area contributed by atoms with E-state index in [-0.39, 0.29) is 5.82 Å². The van der Waals surface area contributed by atoms with Gasteiger partial charge in [-0.15, -0.1) is 0 Å². The molecule has 3 nitrogen and oxygen atoms in total. The molecule has 0 spiro atoms. The van der Waals surface area contributed by atoms with Gasteiger partial charge in [0.2, 0.25) is 0 Å². The molecule has 0 aliphatic rings. The lowest BCUT2D eigenvalue weighted by molar-refractivity contribution is 0.628. The minimum atomic E-state index is -1.61. The molecule has 1 aromatic heterocycles. The fraction of sp³-hybridized carbons (Fsp3) is 0.273. The molecule has 0 fully saturated rings. The third-order valence-corrected chi connectivity index (χ3v) is 5.66. The molecule has 0 N–H and O–H groups in total. The van der Waals surface area contributed by atoms with Gasteiger partial charge in [0.05, 0.1) is 0 Å². The smallest absolute Gasteiger partial charge is 0.137 e. The van der Waals surface area contributed by atoms with Crippen molar-refractivity contribution in [2.24, 2.45) is 0 Å². The summed E-state index contributed by atoms with van der Waals surface area (Å²) in [5.74, 6) is -0.186. The van der Waals surface area contributed by atoms with Gasteiger partial charge in [-0.1, -0.05) is 30.4 Å².